The molecule has 2 aliphatic rings. The fraction of sp³-hybridized carbons (Fsp3) is 0.429. The summed E-state index contributed by atoms with van der Waals surface area (Å²) in [5.74, 6) is -0.445. The van der Waals surface area contributed by atoms with Crippen molar-refractivity contribution >= 4 is 45.0 Å². The van der Waals surface area contributed by atoms with Gasteiger partial charge >= 0.3 is 0 Å². The molecule has 0 spiro atoms. The molecule has 3 nitrogen and oxygen atoms in total. The second kappa shape index (κ2) is 4.91. The molecule has 1 aliphatic carbocycles. The molecule has 1 aromatic carbocycles. The van der Waals surface area contributed by atoms with Crippen LogP contribution in [-0.2, 0) is 9.59 Å². The first kappa shape index (κ1) is 13.1. The summed E-state index contributed by atoms with van der Waals surface area (Å²) in [7, 11) is 0. The number of anilines is 1. The molecule has 0 unspecified atom stereocenters. The van der Waals surface area contributed by atoms with Gasteiger partial charge in [0.25, 0.3) is 0 Å². The molecule has 1 aromatic rings. The summed E-state index contributed by atoms with van der Waals surface area (Å²) in [6.45, 7) is 0. The first-order valence-electron chi connectivity index (χ1n) is 6.42. The number of hydrogen-bond donors (Lipinski definition) is 0. The van der Waals surface area contributed by atoms with Gasteiger partial charge in [-0.3, -0.25) is 9.59 Å². The Hall–Kier alpha value is -0.870. The Balaban J connectivity index is 2.00. The Morgan fingerprint density at radius 3 is 2.21 bits per heavy atom. The minimum absolute atomic E-state index is 0.0843. The van der Waals surface area contributed by atoms with E-state index in [9.17, 15) is 9.59 Å². The van der Waals surface area contributed by atoms with Crippen molar-refractivity contribution in [3.05, 3.63) is 27.7 Å². The van der Waals surface area contributed by atoms with Crippen molar-refractivity contribution in [1.82, 2.24) is 0 Å². The molecular formula is C14H13BrClNO2. The number of amides is 2. The highest BCUT2D eigenvalue weighted by molar-refractivity contribution is 9.10. The minimum Gasteiger partial charge on any atom is -0.274 e. The molecule has 1 saturated carbocycles. The summed E-state index contributed by atoms with van der Waals surface area (Å²) >= 11 is 9.48. The Labute approximate surface area is 125 Å². The molecule has 19 heavy (non-hydrogen) atoms. The molecule has 5 heteroatoms. The van der Waals surface area contributed by atoms with Crippen LogP contribution in [0.3, 0.4) is 0 Å². The summed E-state index contributed by atoms with van der Waals surface area (Å²) < 4.78 is 0.831. The fourth-order valence-corrected chi connectivity index (χ4v) is 3.82. The van der Waals surface area contributed by atoms with E-state index >= 15 is 0 Å². The normalized spacial score (nSPS) is 26.7. The lowest BCUT2D eigenvalue weighted by Gasteiger charge is -2.19. The number of fused-ring (bicyclic) bond motifs is 1. The van der Waals surface area contributed by atoms with Crippen LogP contribution in [0, 0.1) is 11.8 Å². The number of carbonyl (C=O) groups is 2. The summed E-state index contributed by atoms with van der Waals surface area (Å²) in [5.41, 5.74) is 0.509. The number of hydrogen-bond acceptors (Lipinski definition) is 2. The van der Waals surface area contributed by atoms with E-state index in [1.807, 2.05) is 0 Å². The fourth-order valence-electron chi connectivity index (χ4n) is 3.06. The number of rotatable bonds is 1. The third-order valence-electron chi connectivity index (χ3n) is 3.99. The maximum absolute atomic E-state index is 12.4. The molecule has 3 rings (SSSR count). The predicted molar refractivity (Wildman–Crippen MR) is 77.1 cm³/mol. The largest absolute Gasteiger partial charge is 0.274 e. The molecule has 1 saturated heterocycles. The highest BCUT2D eigenvalue weighted by atomic mass is 79.9. The van der Waals surface area contributed by atoms with Crippen molar-refractivity contribution in [2.75, 3.05) is 4.90 Å². The zero-order valence-electron chi connectivity index (χ0n) is 10.2. The van der Waals surface area contributed by atoms with Crippen LogP contribution in [0.5, 0.6) is 0 Å². The van der Waals surface area contributed by atoms with Gasteiger partial charge in [0, 0.05) is 4.47 Å². The van der Waals surface area contributed by atoms with Crippen molar-refractivity contribution in [2.24, 2.45) is 11.8 Å². The predicted octanol–water partition coefficient (Wildman–Crippen LogP) is 3.78. The van der Waals surface area contributed by atoms with Gasteiger partial charge in [-0.15, -0.1) is 0 Å². The highest BCUT2D eigenvalue weighted by Gasteiger charge is 2.49. The molecule has 1 aliphatic heterocycles. The average Bonchev–Trinajstić information content (AvgIpc) is 2.64. The second-order valence-electron chi connectivity index (χ2n) is 5.11. The molecule has 0 radical (unpaired) electrons. The Bertz CT molecular complexity index is 536. The summed E-state index contributed by atoms with van der Waals surface area (Å²) in [6.07, 6.45) is 3.70. The topological polar surface area (TPSA) is 37.4 Å². The van der Waals surface area contributed by atoms with Crippen LogP contribution in [0.1, 0.15) is 25.7 Å². The Morgan fingerprint density at radius 2 is 1.68 bits per heavy atom. The number of halogens is 2. The monoisotopic (exact) mass is 341 g/mol. The Kier molecular flexibility index (Phi) is 3.39. The molecule has 2 atom stereocenters. The van der Waals surface area contributed by atoms with E-state index in [0.29, 0.717) is 10.7 Å². The lowest BCUT2D eigenvalue weighted by Crippen LogP contribution is -2.31. The molecular weight excluding hydrogens is 330 g/mol. The first-order chi connectivity index (χ1) is 9.09. The number of carbonyl (C=O) groups excluding carboxylic acids is 2. The van der Waals surface area contributed by atoms with Crippen molar-refractivity contribution in [3.8, 4) is 0 Å². The SMILES string of the molecule is O=C1[C@H]2CCCC[C@@H]2C(=O)N1c1ccc(Br)cc1Cl. The highest BCUT2D eigenvalue weighted by Crippen LogP contribution is 2.42. The van der Waals surface area contributed by atoms with Crippen molar-refractivity contribution in [3.63, 3.8) is 0 Å². The zero-order valence-corrected chi connectivity index (χ0v) is 12.6. The molecule has 2 amide bonds. The van der Waals surface area contributed by atoms with Crippen LogP contribution >= 0.6 is 27.5 Å². The van der Waals surface area contributed by atoms with Gasteiger partial charge in [0.05, 0.1) is 22.5 Å². The van der Waals surface area contributed by atoms with E-state index in [-0.39, 0.29) is 23.7 Å². The maximum Gasteiger partial charge on any atom is 0.237 e. The van der Waals surface area contributed by atoms with Gasteiger partial charge in [0.1, 0.15) is 0 Å². The quantitative estimate of drug-likeness (QED) is 0.728. The van der Waals surface area contributed by atoms with Crippen LogP contribution in [-0.4, -0.2) is 11.8 Å². The third-order valence-corrected chi connectivity index (χ3v) is 4.79. The smallest absolute Gasteiger partial charge is 0.237 e. The van der Waals surface area contributed by atoms with Crippen LogP contribution in [0.4, 0.5) is 5.69 Å². The van der Waals surface area contributed by atoms with Crippen molar-refractivity contribution < 1.29 is 9.59 Å². The van der Waals surface area contributed by atoms with Crippen LogP contribution in [0.25, 0.3) is 0 Å². The van der Waals surface area contributed by atoms with E-state index in [1.165, 1.54) is 4.90 Å². The molecule has 0 bridgehead atoms. The van der Waals surface area contributed by atoms with Crippen molar-refractivity contribution in [2.45, 2.75) is 25.7 Å². The van der Waals surface area contributed by atoms with Crippen LogP contribution in [0.15, 0.2) is 22.7 Å². The molecule has 0 N–H and O–H groups in total. The minimum atomic E-state index is -0.138. The lowest BCUT2D eigenvalue weighted by atomic mass is 9.81. The second-order valence-corrected chi connectivity index (χ2v) is 6.43. The number of benzene rings is 1. The first-order valence-corrected chi connectivity index (χ1v) is 7.59. The van der Waals surface area contributed by atoms with Gasteiger partial charge in [-0.05, 0) is 31.0 Å². The van der Waals surface area contributed by atoms with E-state index in [4.69, 9.17) is 11.6 Å². The summed E-state index contributed by atoms with van der Waals surface area (Å²) in [4.78, 5) is 26.1. The number of nitrogens with zero attached hydrogens (tertiary/aromatic N) is 1. The number of imide groups is 1. The van der Waals surface area contributed by atoms with Gasteiger partial charge in [-0.2, -0.15) is 0 Å². The van der Waals surface area contributed by atoms with Crippen molar-refractivity contribution in [1.29, 1.82) is 0 Å². The lowest BCUT2D eigenvalue weighted by molar-refractivity contribution is -0.122. The molecule has 2 fully saturated rings. The van der Waals surface area contributed by atoms with Gasteiger partial charge in [0.2, 0.25) is 11.8 Å². The van der Waals surface area contributed by atoms with E-state index in [1.54, 1.807) is 18.2 Å². The Morgan fingerprint density at radius 1 is 1.11 bits per heavy atom. The van der Waals surface area contributed by atoms with Crippen LogP contribution < -0.4 is 4.90 Å². The summed E-state index contributed by atoms with van der Waals surface area (Å²) in [6, 6.07) is 5.22. The van der Waals surface area contributed by atoms with E-state index in [0.717, 1.165) is 30.2 Å². The zero-order chi connectivity index (χ0) is 13.6. The summed E-state index contributed by atoms with van der Waals surface area (Å²) in [5, 5.41) is 0.426. The van der Waals surface area contributed by atoms with E-state index < -0.39 is 0 Å². The van der Waals surface area contributed by atoms with Crippen LogP contribution in [0.2, 0.25) is 5.02 Å². The standard InChI is InChI=1S/C14H13BrClNO2/c15-8-5-6-12(11(16)7-8)17-13(18)9-3-1-2-4-10(9)14(17)19/h5-7,9-10H,1-4H2/t9-,10-/m0/s1. The third kappa shape index (κ3) is 2.11. The van der Waals surface area contributed by atoms with Gasteiger partial charge < -0.3 is 0 Å². The molecule has 0 aromatic heterocycles. The van der Waals surface area contributed by atoms with E-state index in [2.05, 4.69) is 15.9 Å². The maximum atomic E-state index is 12.4. The molecule has 1 heterocycles. The van der Waals surface area contributed by atoms with Gasteiger partial charge in [0.15, 0.2) is 0 Å². The average molecular weight is 343 g/mol. The molecule has 100 valence electrons. The van der Waals surface area contributed by atoms with Gasteiger partial charge in [-0.25, -0.2) is 4.90 Å². The van der Waals surface area contributed by atoms with Gasteiger partial charge in [-0.1, -0.05) is 40.4 Å².